The van der Waals surface area contributed by atoms with Crippen LogP contribution in [0.1, 0.15) is 12.8 Å². The van der Waals surface area contributed by atoms with Gasteiger partial charge in [0.1, 0.15) is 0 Å². The average Bonchev–Trinajstić information content (AvgIpc) is 2.24. The van der Waals surface area contributed by atoms with Gasteiger partial charge in [-0.2, -0.15) is 11.8 Å². The lowest BCUT2D eigenvalue weighted by molar-refractivity contribution is -0.120. The Labute approximate surface area is 96.5 Å². The summed E-state index contributed by atoms with van der Waals surface area (Å²) in [5, 5.41) is 2.84. The Bertz CT molecular complexity index is 246. The number of allylic oxidation sites excluding steroid dienone is 2. The van der Waals surface area contributed by atoms with Crippen molar-refractivity contribution in [3.8, 4) is 0 Å². The minimum Gasteiger partial charge on any atom is -0.352 e. The van der Waals surface area contributed by atoms with Gasteiger partial charge in [0, 0.05) is 13.0 Å². The highest BCUT2D eigenvalue weighted by Gasteiger charge is 2.00. The fourth-order valence-electron chi connectivity index (χ4n) is 1.02. The van der Waals surface area contributed by atoms with Crippen LogP contribution in [0.3, 0.4) is 0 Å². The van der Waals surface area contributed by atoms with Gasteiger partial charge in [-0.3, -0.25) is 4.79 Å². The van der Waals surface area contributed by atoms with Gasteiger partial charge in [-0.1, -0.05) is 31.4 Å². The smallest absolute Gasteiger partial charge is 0.220 e. The second-order valence-corrected chi connectivity index (χ2v) is 4.04. The summed E-state index contributed by atoms with van der Waals surface area (Å²) in [6.45, 7) is 7.79. The first-order valence-corrected chi connectivity index (χ1v) is 6.33. The molecule has 0 aromatic heterocycles. The van der Waals surface area contributed by atoms with Crippen molar-refractivity contribution < 1.29 is 4.79 Å². The van der Waals surface area contributed by atoms with E-state index in [-0.39, 0.29) is 5.91 Å². The van der Waals surface area contributed by atoms with Crippen molar-refractivity contribution >= 4 is 17.7 Å². The molecule has 1 N–H and O–H groups in total. The van der Waals surface area contributed by atoms with Crippen LogP contribution in [0.4, 0.5) is 0 Å². The fourth-order valence-corrected chi connectivity index (χ4v) is 1.45. The summed E-state index contributed by atoms with van der Waals surface area (Å²) in [7, 11) is 0. The summed E-state index contributed by atoms with van der Waals surface area (Å²) >= 11 is 1.76. The maximum atomic E-state index is 11.3. The van der Waals surface area contributed by atoms with Crippen molar-refractivity contribution in [2.45, 2.75) is 12.8 Å². The van der Waals surface area contributed by atoms with Gasteiger partial charge < -0.3 is 5.32 Å². The van der Waals surface area contributed by atoms with E-state index in [4.69, 9.17) is 0 Å². The summed E-state index contributed by atoms with van der Waals surface area (Å²) in [4.78, 5) is 11.3. The average molecular weight is 225 g/mol. The summed E-state index contributed by atoms with van der Waals surface area (Å²) in [6.07, 6.45) is 8.83. The predicted octanol–water partition coefficient (Wildman–Crippen LogP) is 2.54. The number of hydrogen-bond donors (Lipinski definition) is 1. The van der Waals surface area contributed by atoms with Crippen LogP contribution >= 0.6 is 11.8 Å². The molecule has 2 nitrogen and oxygen atoms in total. The van der Waals surface area contributed by atoms with Crippen LogP contribution in [-0.2, 0) is 4.79 Å². The second-order valence-electron chi connectivity index (χ2n) is 3.05. The Morgan fingerprint density at radius 2 is 2.20 bits per heavy atom. The SMILES string of the molecule is C=C/C=C(\C=C)CNC(=O)CCCSC. The lowest BCUT2D eigenvalue weighted by Gasteiger charge is -2.04. The first-order chi connectivity index (χ1) is 7.24. The molecular weight excluding hydrogens is 206 g/mol. The zero-order chi connectivity index (χ0) is 11.5. The lowest BCUT2D eigenvalue weighted by Crippen LogP contribution is -2.24. The lowest BCUT2D eigenvalue weighted by atomic mass is 10.2. The van der Waals surface area contributed by atoms with Crippen molar-refractivity contribution in [3.63, 3.8) is 0 Å². The molecule has 0 saturated carbocycles. The van der Waals surface area contributed by atoms with Gasteiger partial charge in [0.15, 0.2) is 0 Å². The minimum absolute atomic E-state index is 0.0980. The van der Waals surface area contributed by atoms with Crippen LogP contribution in [0, 0.1) is 0 Å². The first-order valence-electron chi connectivity index (χ1n) is 4.94. The van der Waals surface area contributed by atoms with Gasteiger partial charge in [0.25, 0.3) is 0 Å². The van der Waals surface area contributed by atoms with Crippen LogP contribution in [0.5, 0.6) is 0 Å². The standard InChI is InChI=1S/C12H19NOS/c1-4-7-11(5-2)10-13-12(14)8-6-9-15-3/h4-5,7H,1-2,6,8-10H2,3H3,(H,13,14)/b11-7+. The molecule has 0 aliphatic heterocycles. The van der Waals surface area contributed by atoms with Crippen LogP contribution in [0.15, 0.2) is 37.0 Å². The molecule has 15 heavy (non-hydrogen) atoms. The molecule has 0 aliphatic carbocycles. The predicted molar refractivity (Wildman–Crippen MR) is 69.1 cm³/mol. The Balaban J connectivity index is 3.73. The number of carbonyl (C=O) groups excluding carboxylic acids is 1. The van der Waals surface area contributed by atoms with E-state index >= 15 is 0 Å². The van der Waals surface area contributed by atoms with E-state index < -0.39 is 0 Å². The molecule has 0 aliphatic rings. The largest absolute Gasteiger partial charge is 0.352 e. The number of amides is 1. The van der Waals surface area contributed by atoms with Crippen molar-refractivity contribution in [2.24, 2.45) is 0 Å². The van der Waals surface area contributed by atoms with E-state index in [9.17, 15) is 4.79 Å². The van der Waals surface area contributed by atoms with Gasteiger partial charge in [-0.15, -0.1) is 0 Å². The highest BCUT2D eigenvalue weighted by molar-refractivity contribution is 7.98. The molecule has 0 fully saturated rings. The molecule has 0 aromatic rings. The molecule has 3 heteroatoms. The molecule has 0 unspecified atom stereocenters. The zero-order valence-electron chi connectivity index (χ0n) is 9.29. The third-order valence-corrected chi connectivity index (χ3v) is 2.53. The normalized spacial score (nSPS) is 10.9. The van der Waals surface area contributed by atoms with E-state index in [1.165, 1.54) is 0 Å². The molecule has 0 aromatic carbocycles. The van der Waals surface area contributed by atoms with Gasteiger partial charge in [0.2, 0.25) is 5.91 Å². The molecule has 0 spiro atoms. The molecule has 0 heterocycles. The van der Waals surface area contributed by atoms with E-state index in [1.807, 2.05) is 12.3 Å². The van der Waals surface area contributed by atoms with E-state index in [2.05, 4.69) is 18.5 Å². The highest BCUT2D eigenvalue weighted by Crippen LogP contribution is 1.99. The molecule has 0 saturated heterocycles. The topological polar surface area (TPSA) is 29.1 Å². The summed E-state index contributed by atoms with van der Waals surface area (Å²) in [6, 6.07) is 0. The first kappa shape index (κ1) is 14.0. The van der Waals surface area contributed by atoms with Crippen molar-refractivity contribution in [3.05, 3.63) is 37.0 Å². The van der Waals surface area contributed by atoms with Gasteiger partial charge in [-0.05, 0) is 24.0 Å². The summed E-state index contributed by atoms with van der Waals surface area (Å²) in [5.74, 6) is 1.13. The number of nitrogens with one attached hydrogen (secondary N) is 1. The number of thioether (sulfide) groups is 1. The van der Waals surface area contributed by atoms with Crippen molar-refractivity contribution in [2.75, 3.05) is 18.6 Å². The Hall–Kier alpha value is -0.960. The fraction of sp³-hybridized carbons (Fsp3) is 0.417. The monoisotopic (exact) mass is 225 g/mol. The number of rotatable bonds is 8. The van der Waals surface area contributed by atoms with Gasteiger partial charge >= 0.3 is 0 Å². The van der Waals surface area contributed by atoms with E-state index in [0.29, 0.717) is 13.0 Å². The zero-order valence-corrected chi connectivity index (χ0v) is 10.1. The minimum atomic E-state index is 0.0980. The van der Waals surface area contributed by atoms with Crippen molar-refractivity contribution in [1.82, 2.24) is 5.32 Å². The maximum absolute atomic E-state index is 11.3. The molecule has 0 atom stereocenters. The molecule has 0 rings (SSSR count). The highest BCUT2D eigenvalue weighted by atomic mass is 32.2. The van der Waals surface area contributed by atoms with E-state index in [1.54, 1.807) is 23.9 Å². The van der Waals surface area contributed by atoms with Crippen LogP contribution in [-0.4, -0.2) is 24.5 Å². The maximum Gasteiger partial charge on any atom is 0.220 e. The molecular formula is C12H19NOS. The van der Waals surface area contributed by atoms with Gasteiger partial charge in [0.05, 0.1) is 0 Å². The Kier molecular flexibility index (Phi) is 8.98. The van der Waals surface area contributed by atoms with E-state index in [0.717, 1.165) is 17.7 Å². The number of hydrogen-bond acceptors (Lipinski definition) is 2. The molecule has 0 bridgehead atoms. The van der Waals surface area contributed by atoms with Crippen molar-refractivity contribution in [1.29, 1.82) is 0 Å². The van der Waals surface area contributed by atoms with Crippen LogP contribution < -0.4 is 5.32 Å². The Morgan fingerprint density at radius 3 is 2.73 bits per heavy atom. The molecule has 84 valence electrons. The third-order valence-electron chi connectivity index (χ3n) is 1.84. The van der Waals surface area contributed by atoms with Crippen LogP contribution in [0.2, 0.25) is 0 Å². The summed E-state index contributed by atoms with van der Waals surface area (Å²) < 4.78 is 0. The molecule has 1 amide bonds. The second kappa shape index (κ2) is 9.59. The Morgan fingerprint density at radius 1 is 1.47 bits per heavy atom. The molecule has 0 radical (unpaired) electrons. The van der Waals surface area contributed by atoms with Gasteiger partial charge in [-0.25, -0.2) is 0 Å². The number of carbonyl (C=O) groups is 1. The van der Waals surface area contributed by atoms with Crippen LogP contribution in [0.25, 0.3) is 0 Å². The summed E-state index contributed by atoms with van der Waals surface area (Å²) in [5.41, 5.74) is 0.975. The quantitative estimate of drug-likeness (QED) is 0.508. The third kappa shape index (κ3) is 8.06.